The van der Waals surface area contributed by atoms with Gasteiger partial charge in [0.2, 0.25) is 0 Å². The smallest absolute Gasteiger partial charge is 0.301 e. The van der Waals surface area contributed by atoms with Crippen molar-refractivity contribution < 1.29 is 9.21 Å². The zero-order valence-electron chi connectivity index (χ0n) is 9.71. The maximum atomic E-state index is 11.4. The molecule has 0 atom stereocenters. The van der Waals surface area contributed by atoms with Gasteiger partial charge >= 0.3 is 5.91 Å². The lowest BCUT2D eigenvalue weighted by Crippen LogP contribution is -2.30. The van der Waals surface area contributed by atoms with Crippen molar-refractivity contribution in [2.45, 2.75) is 17.8 Å². The SMILES string of the molecule is Cc1cnc(SCc2ccoc2C(=O)NN)nc1. The Kier molecular flexibility index (Phi) is 3.96. The first kappa shape index (κ1) is 12.6. The Hall–Kier alpha value is -1.86. The molecule has 0 saturated heterocycles. The number of thioether (sulfide) groups is 1. The quantitative estimate of drug-likeness (QED) is 0.284. The summed E-state index contributed by atoms with van der Waals surface area (Å²) in [4.78, 5) is 19.7. The zero-order valence-corrected chi connectivity index (χ0v) is 10.5. The molecule has 6 nitrogen and oxygen atoms in total. The summed E-state index contributed by atoms with van der Waals surface area (Å²) in [5, 5.41) is 0.654. The summed E-state index contributed by atoms with van der Waals surface area (Å²) in [6.45, 7) is 1.92. The lowest BCUT2D eigenvalue weighted by atomic mass is 10.3. The molecule has 0 saturated carbocycles. The second-order valence-corrected chi connectivity index (χ2v) is 4.52. The Morgan fingerprint density at radius 1 is 1.50 bits per heavy atom. The second-order valence-electron chi connectivity index (χ2n) is 3.58. The van der Waals surface area contributed by atoms with Crippen molar-refractivity contribution in [3.05, 3.63) is 41.6 Å². The van der Waals surface area contributed by atoms with Crippen LogP contribution in [0.1, 0.15) is 21.7 Å². The summed E-state index contributed by atoms with van der Waals surface area (Å²) < 4.78 is 5.08. The average molecular weight is 264 g/mol. The molecular weight excluding hydrogens is 252 g/mol. The minimum atomic E-state index is -0.444. The first-order chi connectivity index (χ1) is 8.70. The molecule has 7 heteroatoms. The van der Waals surface area contributed by atoms with E-state index in [0.29, 0.717) is 10.9 Å². The largest absolute Gasteiger partial charge is 0.459 e. The van der Waals surface area contributed by atoms with E-state index < -0.39 is 5.91 Å². The van der Waals surface area contributed by atoms with Crippen LogP contribution in [0.5, 0.6) is 0 Å². The number of nitrogens with zero attached hydrogens (tertiary/aromatic N) is 2. The van der Waals surface area contributed by atoms with Crippen molar-refractivity contribution >= 4 is 17.7 Å². The number of carbonyl (C=O) groups is 1. The van der Waals surface area contributed by atoms with Crippen LogP contribution in [0.25, 0.3) is 0 Å². The summed E-state index contributed by atoms with van der Waals surface area (Å²) in [7, 11) is 0. The van der Waals surface area contributed by atoms with Crippen LogP contribution in [0.4, 0.5) is 0 Å². The lowest BCUT2D eigenvalue weighted by Gasteiger charge is -2.01. The first-order valence-corrected chi connectivity index (χ1v) is 6.18. The maximum absolute atomic E-state index is 11.4. The minimum absolute atomic E-state index is 0.220. The summed E-state index contributed by atoms with van der Waals surface area (Å²) in [5.74, 6) is 5.38. The molecule has 0 aliphatic carbocycles. The highest BCUT2D eigenvalue weighted by molar-refractivity contribution is 7.98. The molecule has 0 bridgehead atoms. The Morgan fingerprint density at radius 3 is 2.89 bits per heavy atom. The number of hydrazine groups is 1. The van der Waals surface area contributed by atoms with Gasteiger partial charge in [-0.05, 0) is 18.6 Å². The fraction of sp³-hybridized carbons (Fsp3) is 0.182. The van der Waals surface area contributed by atoms with E-state index in [1.807, 2.05) is 12.3 Å². The first-order valence-electron chi connectivity index (χ1n) is 5.19. The van der Waals surface area contributed by atoms with Crippen LogP contribution in [0.15, 0.2) is 34.3 Å². The minimum Gasteiger partial charge on any atom is -0.459 e. The van der Waals surface area contributed by atoms with Crippen molar-refractivity contribution in [3.8, 4) is 0 Å². The number of hydrogen-bond donors (Lipinski definition) is 2. The molecule has 0 aliphatic rings. The Morgan fingerprint density at radius 2 is 2.22 bits per heavy atom. The fourth-order valence-corrected chi connectivity index (χ4v) is 2.08. The average Bonchev–Trinajstić information content (AvgIpc) is 2.85. The number of nitrogen functional groups attached to an aromatic ring is 1. The molecule has 0 fully saturated rings. The van der Waals surface area contributed by atoms with Crippen molar-refractivity contribution in [1.82, 2.24) is 15.4 Å². The Bertz CT molecular complexity index is 538. The van der Waals surface area contributed by atoms with Gasteiger partial charge in [-0.1, -0.05) is 11.8 Å². The van der Waals surface area contributed by atoms with Crippen LogP contribution < -0.4 is 11.3 Å². The van der Waals surface area contributed by atoms with E-state index in [4.69, 9.17) is 10.3 Å². The number of aromatic nitrogens is 2. The van der Waals surface area contributed by atoms with Gasteiger partial charge in [0, 0.05) is 23.7 Å². The van der Waals surface area contributed by atoms with Crippen LogP contribution >= 0.6 is 11.8 Å². The van der Waals surface area contributed by atoms with Gasteiger partial charge in [0.05, 0.1) is 6.26 Å². The second kappa shape index (κ2) is 5.65. The molecule has 0 radical (unpaired) electrons. The van der Waals surface area contributed by atoms with E-state index in [2.05, 4.69) is 9.97 Å². The number of carbonyl (C=O) groups excluding carboxylic acids is 1. The summed E-state index contributed by atoms with van der Waals surface area (Å²) in [6, 6.07) is 1.73. The highest BCUT2D eigenvalue weighted by Crippen LogP contribution is 2.22. The molecule has 2 rings (SSSR count). The van der Waals surface area contributed by atoms with Gasteiger partial charge in [-0.2, -0.15) is 0 Å². The van der Waals surface area contributed by atoms with E-state index >= 15 is 0 Å². The standard InChI is InChI=1S/C11H12N4O2S/c1-7-4-13-11(14-5-7)18-6-8-2-3-17-9(8)10(16)15-12/h2-5H,6,12H2,1H3,(H,15,16). The van der Waals surface area contributed by atoms with Crippen molar-refractivity contribution in [2.24, 2.45) is 5.84 Å². The van der Waals surface area contributed by atoms with E-state index in [0.717, 1.165) is 11.1 Å². The number of rotatable bonds is 4. The molecule has 2 aromatic rings. The molecule has 0 spiro atoms. The normalized spacial score (nSPS) is 10.3. The predicted octanol–water partition coefficient (Wildman–Crippen LogP) is 1.27. The third-order valence-electron chi connectivity index (χ3n) is 2.20. The van der Waals surface area contributed by atoms with E-state index in [1.54, 1.807) is 18.5 Å². The monoisotopic (exact) mass is 264 g/mol. The molecule has 3 N–H and O–H groups in total. The van der Waals surface area contributed by atoms with Gasteiger partial charge in [0.25, 0.3) is 0 Å². The topological polar surface area (TPSA) is 94.0 Å². The van der Waals surface area contributed by atoms with Gasteiger partial charge in [0.1, 0.15) is 0 Å². The van der Waals surface area contributed by atoms with Gasteiger partial charge in [-0.15, -0.1) is 0 Å². The van der Waals surface area contributed by atoms with Gasteiger partial charge in [-0.25, -0.2) is 15.8 Å². The molecule has 2 aromatic heterocycles. The molecular formula is C11H12N4O2S. The molecule has 18 heavy (non-hydrogen) atoms. The Labute approximate surface area is 108 Å². The lowest BCUT2D eigenvalue weighted by molar-refractivity contribution is 0.0925. The predicted molar refractivity (Wildman–Crippen MR) is 66.7 cm³/mol. The molecule has 1 amide bonds. The van der Waals surface area contributed by atoms with Crippen LogP contribution in [-0.2, 0) is 5.75 Å². The van der Waals surface area contributed by atoms with E-state index in [9.17, 15) is 4.79 Å². The fourth-order valence-electron chi connectivity index (χ4n) is 1.31. The van der Waals surface area contributed by atoms with Crippen LogP contribution in [-0.4, -0.2) is 15.9 Å². The van der Waals surface area contributed by atoms with E-state index in [-0.39, 0.29) is 5.76 Å². The molecule has 0 aliphatic heterocycles. The highest BCUT2D eigenvalue weighted by atomic mass is 32.2. The summed E-state index contributed by atoms with van der Waals surface area (Å²) in [6.07, 6.45) is 4.95. The molecule has 0 aromatic carbocycles. The third kappa shape index (κ3) is 2.88. The summed E-state index contributed by atoms with van der Waals surface area (Å²) in [5.41, 5.74) is 3.80. The molecule has 2 heterocycles. The number of amides is 1. The number of furan rings is 1. The van der Waals surface area contributed by atoms with Gasteiger partial charge < -0.3 is 4.42 Å². The third-order valence-corrected chi connectivity index (χ3v) is 3.12. The number of nitrogens with one attached hydrogen (secondary N) is 1. The van der Waals surface area contributed by atoms with Crippen molar-refractivity contribution in [3.63, 3.8) is 0 Å². The summed E-state index contributed by atoms with van der Waals surface area (Å²) >= 11 is 1.43. The van der Waals surface area contributed by atoms with Gasteiger partial charge in [-0.3, -0.25) is 10.2 Å². The number of hydrogen-bond acceptors (Lipinski definition) is 6. The van der Waals surface area contributed by atoms with Crippen molar-refractivity contribution in [1.29, 1.82) is 0 Å². The van der Waals surface area contributed by atoms with Crippen LogP contribution in [0.3, 0.4) is 0 Å². The van der Waals surface area contributed by atoms with Crippen molar-refractivity contribution in [2.75, 3.05) is 0 Å². The number of nitrogens with two attached hydrogens (primary N) is 1. The Balaban J connectivity index is 2.04. The molecule has 94 valence electrons. The highest BCUT2D eigenvalue weighted by Gasteiger charge is 2.14. The van der Waals surface area contributed by atoms with E-state index in [1.165, 1.54) is 18.0 Å². The number of aryl methyl sites for hydroxylation is 1. The van der Waals surface area contributed by atoms with Gasteiger partial charge in [0.15, 0.2) is 10.9 Å². The van der Waals surface area contributed by atoms with Crippen LogP contribution in [0, 0.1) is 6.92 Å². The van der Waals surface area contributed by atoms with Crippen LogP contribution in [0.2, 0.25) is 0 Å². The maximum Gasteiger partial charge on any atom is 0.301 e. The molecule has 0 unspecified atom stereocenters. The zero-order chi connectivity index (χ0) is 13.0.